The van der Waals surface area contributed by atoms with E-state index < -0.39 is 35.8 Å². The number of aromatic hydroxyl groups is 1. The number of nitrogens with zero attached hydrogens (tertiary/aromatic N) is 2. The van der Waals surface area contributed by atoms with Gasteiger partial charge in [0.25, 0.3) is 11.8 Å². The highest BCUT2D eigenvalue weighted by atomic mass is 32.2. The Morgan fingerprint density at radius 1 is 1.43 bits per heavy atom. The second-order valence-electron chi connectivity index (χ2n) is 5.95. The molecule has 0 aliphatic carbocycles. The third-order valence-electron chi connectivity index (χ3n) is 4.24. The van der Waals surface area contributed by atoms with Crippen LogP contribution >= 0.6 is 11.8 Å². The third-order valence-corrected chi connectivity index (χ3v) is 5.58. The molecule has 0 saturated carbocycles. The first-order valence-corrected chi connectivity index (χ1v) is 9.16. The summed E-state index contributed by atoms with van der Waals surface area (Å²) in [4.78, 5) is 42.4. The molecule has 1 aromatic carbocycles. The lowest BCUT2D eigenvalue weighted by atomic mass is 10.0. The van der Waals surface area contributed by atoms with E-state index in [4.69, 9.17) is 4.84 Å². The van der Waals surface area contributed by atoms with Gasteiger partial charge in [0.1, 0.15) is 30.0 Å². The number of aliphatic carboxylic acids is 1. The largest absolute Gasteiger partial charge is 0.508 e. The van der Waals surface area contributed by atoms with Crippen LogP contribution in [0.5, 0.6) is 5.75 Å². The van der Waals surface area contributed by atoms with Crippen LogP contribution in [0.2, 0.25) is 0 Å². The number of thioether (sulfide) groups is 1. The molecule has 28 heavy (non-hydrogen) atoms. The predicted octanol–water partition coefficient (Wildman–Crippen LogP) is -0.526. The number of aliphatic hydroxyl groups is 1. The van der Waals surface area contributed by atoms with E-state index in [0.717, 1.165) is 4.90 Å². The molecule has 0 bridgehead atoms. The first kappa shape index (κ1) is 19.7. The lowest BCUT2D eigenvalue weighted by molar-refractivity contribution is -0.150. The number of carbonyl (C=O) groups excluding carboxylic acids is 2. The Bertz CT molecular complexity index is 898. The molecule has 0 spiro atoms. The van der Waals surface area contributed by atoms with E-state index in [1.807, 2.05) is 0 Å². The van der Waals surface area contributed by atoms with Gasteiger partial charge >= 0.3 is 5.97 Å². The fraction of sp³-hybridized carbons (Fsp3) is 0.294. The minimum absolute atomic E-state index is 0.0735. The molecule has 0 radical (unpaired) electrons. The molecular weight excluding hydrogens is 390 g/mol. The number of phenolic OH excluding ortho intramolecular Hbond substituents is 1. The van der Waals surface area contributed by atoms with Gasteiger partial charge in [-0.3, -0.25) is 14.5 Å². The molecule has 148 valence electrons. The summed E-state index contributed by atoms with van der Waals surface area (Å²) in [6, 6.07) is 4.86. The molecule has 1 fully saturated rings. The highest BCUT2D eigenvalue weighted by Gasteiger charge is 2.54. The Morgan fingerprint density at radius 3 is 2.79 bits per heavy atom. The van der Waals surface area contributed by atoms with Crippen LogP contribution in [0.3, 0.4) is 0 Å². The number of fused-ring (bicyclic) bond motifs is 1. The van der Waals surface area contributed by atoms with E-state index in [0.29, 0.717) is 0 Å². The number of carbonyl (C=O) groups is 3. The maximum Gasteiger partial charge on any atom is 0.352 e. The number of phenols is 1. The highest BCUT2D eigenvalue weighted by molar-refractivity contribution is 8.00. The minimum atomic E-state index is -1.31. The van der Waals surface area contributed by atoms with E-state index >= 15 is 0 Å². The maximum absolute atomic E-state index is 12.7. The first-order chi connectivity index (χ1) is 13.4. The van der Waals surface area contributed by atoms with Gasteiger partial charge in [-0.1, -0.05) is 17.3 Å². The molecule has 2 heterocycles. The van der Waals surface area contributed by atoms with Crippen LogP contribution in [0.15, 0.2) is 40.7 Å². The number of hydrogen-bond acceptors (Lipinski definition) is 8. The summed E-state index contributed by atoms with van der Waals surface area (Å²) in [5, 5.41) is 33.9. The second kappa shape index (κ2) is 7.90. The van der Waals surface area contributed by atoms with Gasteiger partial charge in [0.15, 0.2) is 5.71 Å². The van der Waals surface area contributed by atoms with Crippen molar-refractivity contribution >= 4 is 35.3 Å². The van der Waals surface area contributed by atoms with E-state index in [1.54, 1.807) is 6.07 Å². The van der Waals surface area contributed by atoms with Gasteiger partial charge in [0, 0.05) is 11.3 Å². The Balaban J connectivity index is 1.80. The minimum Gasteiger partial charge on any atom is -0.508 e. The molecule has 2 amide bonds. The smallest absolute Gasteiger partial charge is 0.352 e. The number of oxime groups is 1. The number of carboxylic acids is 1. The van der Waals surface area contributed by atoms with Crippen molar-refractivity contribution in [1.82, 2.24) is 10.2 Å². The van der Waals surface area contributed by atoms with Crippen molar-refractivity contribution < 1.29 is 34.5 Å². The SMILES string of the molecule is CO/N=C(/C(=O)NC1C(=O)N2C(C(=O)O)=C(CO)CS[C@H]12)c1cccc(O)c1. The normalized spacial score (nSPS) is 21.7. The molecule has 1 aromatic rings. The number of rotatable bonds is 6. The van der Waals surface area contributed by atoms with Crippen molar-refractivity contribution in [3.63, 3.8) is 0 Å². The molecule has 10 nitrogen and oxygen atoms in total. The van der Waals surface area contributed by atoms with Crippen molar-refractivity contribution in [2.24, 2.45) is 5.16 Å². The molecule has 2 atom stereocenters. The highest BCUT2D eigenvalue weighted by Crippen LogP contribution is 2.40. The second-order valence-corrected chi connectivity index (χ2v) is 7.05. The fourth-order valence-electron chi connectivity index (χ4n) is 2.98. The zero-order valence-electron chi connectivity index (χ0n) is 14.7. The van der Waals surface area contributed by atoms with Gasteiger partial charge in [-0.15, -0.1) is 11.8 Å². The Labute approximate surface area is 163 Å². The summed E-state index contributed by atoms with van der Waals surface area (Å²) in [5.74, 6) is -2.46. The van der Waals surface area contributed by atoms with Crippen LogP contribution < -0.4 is 5.32 Å². The standard InChI is InChI=1S/C17H17N3O7S/c1-27-19-11(8-3-2-4-10(22)5-8)14(23)18-12-15(24)20-13(17(25)26)9(6-21)7-28-16(12)20/h2-5,12,16,21-22H,6-7H2,1H3,(H,18,23)(H,25,26)/b19-11+/t12?,16-/m1/s1. The van der Waals surface area contributed by atoms with Crippen molar-refractivity contribution in [1.29, 1.82) is 0 Å². The maximum atomic E-state index is 12.7. The van der Waals surface area contributed by atoms with Gasteiger partial charge < -0.3 is 25.5 Å². The number of nitrogens with one attached hydrogen (secondary N) is 1. The van der Waals surface area contributed by atoms with Gasteiger partial charge in [-0.05, 0) is 17.7 Å². The molecule has 4 N–H and O–H groups in total. The van der Waals surface area contributed by atoms with Gasteiger partial charge in [0.2, 0.25) is 0 Å². The Morgan fingerprint density at radius 2 is 2.18 bits per heavy atom. The van der Waals surface area contributed by atoms with Crippen molar-refractivity contribution in [2.75, 3.05) is 19.5 Å². The number of hydrogen-bond donors (Lipinski definition) is 4. The molecule has 2 aliphatic heterocycles. The summed E-state index contributed by atoms with van der Waals surface area (Å²) >= 11 is 1.24. The van der Waals surface area contributed by atoms with Crippen LogP contribution in [0.1, 0.15) is 5.56 Å². The van der Waals surface area contributed by atoms with Gasteiger partial charge in [0.05, 0.1) is 6.61 Å². The number of β-lactam (4-membered cyclic amide) rings is 1. The zero-order valence-corrected chi connectivity index (χ0v) is 15.5. The molecular formula is C17H17N3O7S. The summed E-state index contributed by atoms with van der Waals surface area (Å²) in [6.07, 6.45) is 0. The van der Waals surface area contributed by atoms with E-state index in [2.05, 4.69) is 10.5 Å². The Hall–Kier alpha value is -3.05. The predicted molar refractivity (Wildman–Crippen MR) is 98.4 cm³/mol. The topological polar surface area (TPSA) is 149 Å². The molecule has 11 heteroatoms. The average molecular weight is 407 g/mol. The Kier molecular flexibility index (Phi) is 5.56. The van der Waals surface area contributed by atoms with Crippen LogP contribution in [-0.2, 0) is 19.2 Å². The quantitative estimate of drug-likeness (QED) is 0.279. The van der Waals surface area contributed by atoms with Crippen molar-refractivity contribution in [3.05, 3.63) is 41.1 Å². The summed E-state index contributed by atoms with van der Waals surface area (Å²) in [7, 11) is 1.25. The average Bonchev–Trinajstić information content (AvgIpc) is 2.68. The summed E-state index contributed by atoms with van der Waals surface area (Å²) in [5.41, 5.74) is 0.136. The van der Waals surface area contributed by atoms with E-state index in [1.165, 1.54) is 37.1 Å². The molecule has 1 saturated heterocycles. The van der Waals surface area contributed by atoms with Gasteiger partial charge in [-0.2, -0.15) is 0 Å². The van der Waals surface area contributed by atoms with Crippen molar-refractivity contribution in [2.45, 2.75) is 11.4 Å². The number of carboxylic acid groups (broad SMARTS) is 1. The number of amides is 2. The monoisotopic (exact) mass is 407 g/mol. The summed E-state index contributed by atoms with van der Waals surface area (Å²) < 4.78 is 0. The van der Waals surface area contributed by atoms with Gasteiger partial charge in [-0.25, -0.2) is 4.79 Å². The van der Waals surface area contributed by atoms with Crippen LogP contribution in [0.25, 0.3) is 0 Å². The van der Waals surface area contributed by atoms with E-state index in [9.17, 15) is 29.7 Å². The number of aliphatic hydroxyl groups excluding tert-OH is 1. The molecule has 1 unspecified atom stereocenters. The van der Waals surface area contributed by atoms with Crippen molar-refractivity contribution in [3.8, 4) is 5.75 Å². The lowest BCUT2D eigenvalue weighted by Gasteiger charge is -2.49. The number of benzene rings is 1. The van der Waals surface area contributed by atoms with Crippen LogP contribution in [-0.4, -0.2) is 74.6 Å². The molecule has 0 aromatic heterocycles. The molecule has 3 rings (SSSR count). The van der Waals surface area contributed by atoms with E-state index in [-0.39, 0.29) is 34.0 Å². The lowest BCUT2D eigenvalue weighted by Crippen LogP contribution is -2.71. The summed E-state index contributed by atoms with van der Waals surface area (Å²) in [6.45, 7) is -0.468. The molecule has 2 aliphatic rings. The third kappa shape index (κ3) is 3.41. The fourth-order valence-corrected chi connectivity index (χ4v) is 4.32. The van der Waals surface area contributed by atoms with Crippen LogP contribution in [0.4, 0.5) is 0 Å². The van der Waals surface area contributed by atoms with Crippen LogP contribution in [0, 0.1) is 0 Å². The zero-order chi connectivity index (χ0) is 20.4. The first-order valence-electron chi connectivity index (χ1n) is 8.11.